The zero-order chi connectivity index (χ0) is 26.2. The molecule has 3 aromatic carbocycles. The Balaban J connectivity index is 1.62. The summed E-state index contributed by atoms with van der Waals surface area (Å²) in [5.74, 6) is -0.498. The number of nitrogens with one attached hydrogen (secondary N) is 1. The summed E-state index contributed by atoms with van der Waals surface area (Å²) in [6, 6.07) is 18.0. The molecule has 0 aliphatic carbocycles. The average molecular weight is 520 g/mol. The van der Waals surface area contributed by atoms with Crippen LogP contribution in [-0.2, 0) is 32.4 Å². The van der Waals surface area contributed by atoms with E-state index in [0.717, 1.165) is 16.6 Å². The maximum absolute atomic E-state index is 13.7. The van der Waals surface area contributed by atoms with Crippen molar-refractivity contribution < 1.29 is 17.9 Å². The highest BCUT2D eigenvalue weighted by Crippen LogP contribution is 2.32. The van der Waals surface area contributed by atoms with E-state index in [1.165, 1.54) is 28.6 Å². The van der Waals surface area contributed by atoms with Crippen molar-refractivity contribution >= 4 is 32.6 Å². The topological polar surface area (TPSA) is 119 Å². The van der Waals surface area contributed by atoms with Crippen LogP contribution in [0.25, 0.3) is 16.6 Å². The minimum absolute atomic E-state index is 0.0343. The zero-order valence-electron chi connectivity index (χ0n) is 20.1. The van der Waals surface area contributed by atoms with Crippen LogP contribution in [0.15, 0.2) is 81.2 Å². The number of ether oxygens (including phenoxy) is 1. The van der Waals surface area contributed by atoms with E-state index >= 15 is 0 Å². The van der Waals surface area contributed by atoms with Gasteiger partial charge in [-0.05, 0) is 61.2 Å². The van der Waals surface area contributed by atoms with E-state index in [0.29, 0.717) is 24.2 Å². The number of hydrogen-bond donors (Lipinski definition) is 1. The number of para-hydroxylation sites is 1. The monoisotopic (exact) mass is 519 g/mol. The Morgan fingerprint density at radius 2 is 1.81 bits per heavy atom. The maximum Gasteiger partial charge on any atom is 0.333 e. The molecule has 37 heavy (non-hydrogen) atoms. The Morgan fingerprint density at radius 1 is 1.03 bits per heavy atom. The summed E-state index contributed by atoms with van der Waals surface area (Å²) in [4.78, 5) is 41.3. The first-order valence-corrected chi connectivity index (χ1v) is 13.4. The maximum atomic E-state index is 13.7. The molecular formula is C27H25N3O6S. The van der Waals surface area contributed by atoms with Crippen LogP contribution >= 0.6 is 0 Å². The van der Waals surface area contributed by atoms with Gasteiger partial charge >= 0.3 is 11.7 Å². The molecule has 1 aliphatic heterocycles. The molecule has 2 heterocycles. The third-order valence-electron chi connectivity index (χ3n) is 6.38. The quantitative estimate of drug-likeness (QED) is 0.392. The van der Waals surface area contributed by atoms with Crippen LogP contribution in [0, 0.1) is 0 Å². The number of aromatic amines is 1. The first-order chi connectivity index (χ1) is 17.8. The van der Waals surface area contributed by atoms with E-state index in [-0.39, 0.29) is 34.5 Å². The fourth-order valence-electron chi connectivity index (χ4n) is 4.74. The Labute approximate surface area is 213 Å². The van der Waals surface area contributed by atoms with E-state index in [1.54, 1.807) is 37.3 Å². The fourth-order valence-corrected chi connectivity index (χ4v) is 6.32. The van der Waals surface area contributed by atoms with Gasteiger partial charge in [-0.2, -0.15) is 0 Å². The number of benzene rings is 3. The van der Waals surface area contributed by atoms with Crippen molar-refractivity contribution in [2.75, 3.05) is 17.5 Å². The molecule has 0 spiro atoms. The zero-order valence-corrected chi connectivity index (χ0v) is 21.0. The molecule has 0 atom stereocenters. The Bertz CT molecular complexity index is 1740. The summed E-state index contributed by atoms with van der Waals surface area (Å²) in [7, 11) is -3.96. The van der Waals surface area contributed by atoms with Gasteiger partial charge in [-0.1, -0.05) is 36.4 Å². The van der Waals surface area contributed by atoms with Crippen molar-refractivity contribution in [1.29, 1.82) is 0 Å². The molecular weight excluding hydrogens is 494 g/mol. The first-order valence-electron chi connectivity index (χ1n) is 11.9. The second-order valence-corrected chi connectivity index (χ2v) is 10.6. The van der Waals surface area contributed by atoms with E-state index in [4.69, 9.17) is 4.74 Å². The number of carbonyl (C=O) groups is 1. The van der Waals surface area contributed by atoms with Gasteiger partial charge in [0.25, 0.3) is 15.6 Å². The van der Waals surface area contributed by atoms with Crippen molar-refractivity contribution in [3.8, 4) is 5.69 Å². The molecule has 4 aromatic rings. The van der Waals surface area contributed by atoms with Crippen molar-refractivity contribution in [3.05, 3.63) is 98.7 Å². The number of sulfonamides is 1. The highest BCUT2D eigenvalue weighted by atomic mass is 32.2. The van der Waals surface area contributed by atoms with Crippen LogP contribution in [0.2, 0.25) is 0 Å². The molecule has 9 nitrogen and oxygen atoms in total. The molecule has 190 valence electrons. The Morgan fingerprint density at radius 3 is 2.62 bits per heavy atom. The number of esters is 1. The minimum Gasteiger partial charge on any atom is -0.466 e. The smallest absolute Gasteiger partial charge is 0.333 e. The van der Waals surface area contributed by atoms with E-state index < -0.39 is 27.2 Å². The van der Waals surface area contributed by atoms with Crippen LogP contribution in [0.4, 0.5) is 5.69 Å². The van der Waals surface area contributed by atoms with Crippen LogP contribution < -0.4 is 15.6 Å². The third kappa shape index (κ3) is 4.44. The number of rotatable bonds is 6. The molecule has 0 radical (unpaired) electrons. The van der Waals surface area contributed by atoms with Crippen molar-refractivity contribution in [1.82, 2.24) is 9.55 Å². The average Bonchev–Trinajstić information content (AvgIpc) is 2.88. The van der Waals surface area contributed by atoms with E-state index in [1.807, 2.05) is 12.1 Å². The Hall–Kier alpha value is -4.18. The molecule has 1 aromatic heterocycles. The third-order valence-corrected chi connectivity index (χ3v) is 8.19. The van der Waals surface area contributed by atoms with E-state index in [9.17, 15) is 22.8 Å². The number of carbonyl (C=O) groups excluding carboxylic acids is 1. The van der Waals surface area contributed by atoms with Crippen LogP contribution in [0.1, 0.15) is 24.5 Å². The first kappa shape index (κ1) is 24.5. The molecule has 0 fully saturated rings. The lowest BCUT2D eigenvalue weighted by atomic mass is 10.0. The second kappa shape index (κ2) is 9.70. The summed E-state index contributed by atoms with van der Waals surface area (Å²) in [5.41, 5.74) is 0.986. The predicted octanol–water partition coefficient (Wildman–Crippen LogP) is 2.93. The molecule has 5 rings (SSSR count). The van der Waals surface area contributed by atoms with Crippen LogP contribution in [0.5, 0.6) is 0 Å². The fraction of sp³-hybridized carbons (Fsp3) is 0.222. The summed E-state index contributed by atoms with van der Waals surface area (Å²) in [6.07, 6.45) is 1.33. The molecule has 10 heteroatoms. The molecule has 0 bridgehead atoms. The predicted molar refractivity (Wildman–Crippen MR) is 140 cm³/mol. The Kier molecular flexibility index (Phi) is 6.43. The summed E-state index contributed by atoms with van der Waals surface area (Å²) < 4.78 is 34.6. The van der Waals surface area contributed by atoms with Gasteiger partial charge in [0.1, 0.15) is 0 Å². The summed E-state index contributed by atoms with van der Waals surface area (Å²) in [5, 5.41) is 0.161. The lowest BCUT2D eigenvalue weighted by Gasteiger charge is -2.30. The molecule has 1 aliphatic rings. The molecule has 0 unspecified atom stereocenters. The van der Waals surface area contributed by atoms with Crippen molar-refractivity contribution in [2.45, 2.75) is 31.1 Å². The highest BCUT2D eigenvalue weighted by molar-refractivity contribution is 7.92. The minimum atomic E-state index is -3.96. The standard InChI is InChI=1S/C27H25N3O6S/c1-2-36-24(31)16-19-9-5-13-22-25(19)26(32)30(27(33)28-22)20-11-6-12-21(17-20)37(34,35)29-15-7-10-18-8-3-4-14-23(18)29/h3-6,8-9,11-14,17H,2,7,10,15-16H2,1H3,(H,28,33). The van der Waals surface area contributed by atoms with Gasteiger partial charge in [0.05, 0.1) is 40.2 Å². The summed E-state index contributed by atoms with van der Waals surface area (Å²) in [6.45, 7) is 2.22. The van der Waals surface area contributed by atoms with Gasteiger partial charge in [0.2, 0.25) is 0 Å². The van der Waals surface area contributed by atoms with Gasteiger partial charge in [-0.25, -0.2) is 17.8 Å². The second-order valence-electron chi connectivity index (χ2n) is 8.70. The van der Waals surface area contributed by atoms with Crippen molar-refractivity contribution in [3.63, 3.8) is 0 Å². The molecule has 0 saturated carbocycles. The van der Waals surface area contributed by atoms with E-state index in [2.05, 4.69) is 4.98 Å². The lowest BCUT2D eigenvalue weighted by molar-refractivity contribution is -0.142. The molecule has 0 saturated heterocycles. The number of aromatic nitrogens is 2. The summed E-state index contributed by atoms with van der Waals surface area (Å²) >= 11 is 0. The number of aryl methyl sites for hydroxylation is 1. The SMILES string of the molecule is CCOC(=O)Cc1cccc2[nH]c(=O)n(-c3cccc(S(=O)(=O)N4CCCc5ccccc54)c3)c(=O)c12. The van der Waals surface area contributed by atoms with Gasteiger partial charge in [0, 0.05) is 6.54 Å². The number of anilines is 1. The molecule has 1 N–H and O–H groups in total. The number of nitrogens with zero attached hydrogens (tertiary/aromatic N) is 2. The number of fused-ring (bicyclic) bond motifs is 2. The number of hydrogen-bond acceptors (Lipinski definition) is 6. The van der Waals surface area contributed by atoms with Gasteiger partial charge in [-0.3, -0.25) is 13.9 Å². The van der Waals surface area contributed by atoms with Crippen LogP contribution in [-0.4, -0.2) is 37.1 Å². The largest absolute Gasteiger partial charge is 0.466 e. The normalized spacial score (nSPS) is 13.4. The number of H-pyrrole nitrogens is 1. The van der Waals surface area contributed by atoms with Gasteiger partial charge < -0.3 is 9.72 Å². The van der Waals surface area contributed by atoms with Gasteiger partial charge in [-0.15, -0.1) is 0 Å². The lowest BCUT2D eigenvalue weighted by Crippen LogP contribution is -2.36. The van der Waals surface area contributed by atoms with Crippen LogP contribution in [0.3, 0.4) is 0 Å². The highest BCUT2D eigenvalue weighted by Gasteiger charge is 2.29. The van der Waals surface area contributed by atoms with Crippen molar-refractivity contribution in [2.24, 2.45) is 0 Å². The van der Waals surface area contributed by atoms with Gasteiger partial charge in [0.15, 0.2) is 0 Å². The molecule has 0 amide bonds.